The van der Waals surface area contributed by atoms with E-state index in [1.807, 2.05) is 60.7 Å². The predicted molar refractivity (Wildman–Crippen MR) is 149 cm³/mol. The summed E-state index contributed by atoms with van der Waals surface area (Å²) in [4.78, 5) is 33.9. The smallest absolute Gasteiger partial charge is 0.416 e. The number of nitrogens with zero attached hydrogens (tertiary/aromatic N) is 2. The lowest BCUT2D eigenvalue weighted by atomic mass is 9.89. The third kappa shape index (κ3) is 5.04. The van der Waals surface area contributed by atoms with Gasteiger partial charge < -0.3 is 4.74 Å². The van der Waals surface area contributed by atoms with E-state index in [1.54, 1.807) is 36.4 Å². The van der Waals surface area contributed by atoms with Gasteiger partial charge >= 0.3 is 6.18 Å². The zero-order valence-corrected chi connectivity index (χ0v) is 21.5. The molecule has 0 saturated carbocycles. The van der Waals surface area contributed by atoms with Crippen LogP contribution in [0.1, 0.15) is 28.3 Å². The molecular formula is C33H23F3N2O3. The van der Waals surface area contributed by atoms with Crippen LogP contribution in [0.15, 0.2) is 126 Å². The molecule has 6 rings (SSSR count). The van der Waals surface area contributed by atoms with E-state index in [9.17, 15) is 22.8 Å². The molecule has 0 radical (unpaired) electrons. The number of imide groups is 1. The Bertz CT molecular complexity index is 1630. The summed E-state index contributed by atoms with van der Waals surface area (Å²) in [5.74, 6) is -1.93. The minimum Gasteiger partial charge on any atom is -0.477 e. The van der Waals surface area contributed by atoms with Crippen LogP contribution in [-0.2, 0) is 20.5 Å². The number of benzene rings is 4. The van der Waals surface area contributed by atoms with Crippen LogP contribution in [0.5, 0.6) is 0 Å². The van der Waals surface area contributed by atoms with Gasteiger partial charge in [0.15, 0.2) is 6.10 Å². The van der Waals surface area contributed by atoms with Gasteiger partial charge in [-0.3, -0.25) is 14.6 Å². The van der Waals surface area contributed by atoms with Crippen LogP contribution in [0.2, 0.25) is 0 Å². The standard InChI is InChI=1S/C33H23F3N2O3/c34-33(35,36)24-18-16-23(17-19-24)29-27-30(32(40)38(31(27)39)25-14-8-3-9-15-25)41-26(20-21-10-4-1-5-11-21)28(37-29)22-12-6-2-7-13-22/h1-20,27,29-30H/b26-20-/t27-,29-,30+/m0/s1. The van der Waals surface area contributed by atoms with E-state index in [2.05, 4.69) is 0 Å². The zero-order valence-electron chi connectivity index (χ0n) is 21.5. The third-order valence-corrected chi connectivity index (χ3v) is 7.13. The monoisotopic (exact) mass is 552 g/mol. The molecule has 0 spiro atoms. The number of carbonyl (C=O) groups excluding carboxylic acids is 2. The molecule has 2 amide bonds. The van der Waals surface area contributed by atoms with Gasteiger partial charge in [-0.25, -0.2) is 4.90 Å². The number of hydrogen-bond acceptors (Lipinski definition) is 4. The lowest BCUT2D eigenvalue weighted by Crippen LogP contribution is -2.33. The van der Waals surface area contributed by atoms with E-state index in [1.165, 1.54) is 12.1 Å². The van der Waals surface area contributed by atoms with Crippen molar-refractivity contribution in [1.29, 1.82) is 0 Å². The van der Waals surface area contributed by atoms with Crippen molar-refractivity contribution in [2.24, 2.45) is 10.9 Å². The van der Waals surface area contributed by atoms with E-state index < -0.39 is 41.6 Å². The first-order valence-corrected chi connectivity index (χ1v) is 13.0. The van der Waals surface area contributed by atoms with Crippen molar-refractivity contribution in [2.75, 3.05) is 4.90 Å². The minimum atomic E-state index is -4.53. The number of fused-ring (bicyclic) bond motifs is 1. The number of anilines is 1. The molecule has 0 unspecified atom stereocenters. The van der Waals surface area contributed by atoms with Crippen LogP contribution in [0.3, 0.4) is 0 Å². The van der Waals surface area contributed by atoms with Crippen molar-refractivity contribution in [3.05, 3.63) is 143 Å². The highest BCUT2D eigenvalue weighted by Crippen LogP contribution is 2.43. The van der Waals surface area contributed by atoms with Crippen molar-refractivity contribution >= 4 is 29.3 Å². The first kappa shape index (κ1) is 26.3. The second kappa shape index (κ2) is 10.5. The largest absolute Gasteiger partial charge is 0.477 e. The van der Waals surface area contributed by atoms with E-state index in [4.69, 9.17) is 9.73 Å². The molecule has 4 aromatic carbocycles. The molecule has 2 aliphatic rings. The van der Waals surface area contributed by atoms with Crippen LogP contribution in [0, 0.1) is 5.92 Å². The Balaban J connectivity index is 1.55. The van der Waals surface area contributed by atoms with E-state index in [0.29, 0.717) is 22.5 Å². The van der Waals surface area contributed by atoms with Gasteiger partial charge in [0.2, 0.25) is 5.91 Å². The van der Waals surface area contributed by atoms with Gasteiger partial charge in [-0.1, -0.05) is 91.0 Å². The highest BCUT2D eigenvalue weighted by atomic mass is 19.4. The molecule has 1 saturated heterocycles. The van der Waals surface area contributed by atoms with Crippen LogP contribution >= 0.6 is 0 Å². The highest BCUT2D eigenvalue weighted by Gasteiger charge is 2.55. The Morgan fingerprint density at radius 2 is 1.32 bits per heavy atom. The first-order valence-electron chi connectivity index (χ1n) is 13.0. The van der Waals surface area contributed by atoms with Gasteiger partial charge in [-0.2, -0.15) is 13.2 Å². The Labute approximate surface area is 234 Å². The summed E-state index contributed by atoms with van der Waals surface area (Å²) < 4.78 is 46.5. The van der Waals surface area contributed by atoms with Crippen molar-refractivity contribution in [3.63, 3.8) is 0 Å². The van der Waals surface area contributed by atoms with E-state index in [0.717, 1.165) is 22.6 Å². The molecule has 1 fully saturated rings. The second-order valence-electron chi connectivity index (χ2n) is 9.74. The fraction of sp³-hybridized carbons (Fsp3) is 0.121. The van der Waals surface area contributed by atoms with Gasteiger partial charge in [-0.05, 0) is 41.5 Å². The number of ether oxygens (including phenoxy) is 1. The molecule has 2 aliphatic heterocycles. The van der Waals surface area contributed by atoms with Crippen molar-refractivity contribution < 1.29 is 27.5 Å². The number of rotatable bonds is 4. The Morgan fingerprint density at radius 1 is 0.732 bits per heavy atom. The lowest BCUT2D eigenvalue weighted by Gasteiger charge is -2.21. The summed E-state index contributed by atoms with van der Waals surface area (Å²) in [6.07, 6.45) is -4.03. The normalized spacial score (nSPS) is 21.7. The van der Waals surface area contributed by atoms with Gasteiger partial charge in [0.05, 0.1) is 17.3 Å². The quantitative estimate of drug-likeness (QED) is 0.260. The van der Waals surface area contributed by atoms with E-state index >= 15 is 0 Å². The van der Waals surface area contributed by atoms with Crippen LogP contribution < -0.4 is 4.90 Å². The molecule has 204 valence electrons. The maximum absolute atomic E-state index is 14.0. The maximum Gasteiger partial charge on any atom is 0.416 e. The lowest BCUT2D eigenvalue weighted by molar-refractivity contribution is -0.137. The number of alkyl halides is 3. The summed E-state index contributed by atoms with van der Waals surface area (Å²) in [6.45, 7) is 0. The molecule has 0 aromatic heterocycles. The van der Waals surface area contributed by atoms with Crippen LogP contribution in [-0.4, -0.2) is 23.6 Å². The van der Waals surface area contributed by atoms with E-state index in [-0.39, 0.29) is 5.76 Å². The number of amides is 2. The summed E-state index contributed by atoms with van der Waals surface area (Å²) in [5.41, 5.74) is 1.77. The second-order valence-corrected chi connectivity index (χ2v) is 9.74. The van der Waals surface area contributed by atoms with Crippen molar-refractivity contribution in [2.45, 2.75) is 18.3 Å². The number of carbonyl (C=O) groups is 2. The number of aliphatic imine (C=N–C) groups is 1. The molecular weight excluding hydrogens is 529 g/mol. The SMILES string of the molecule is O=C1[C@@H]2[C@@H](O/C(=C\c3ccccc3)C(c3ccccc3)=N[C@H]2c2ccc(C(F)(F)F)cc2)C(=O)N1c1ccccc1. The average Bonchev–Trinajstić information content (AvgIpc) is 3.12. The Morgan fingerprint density at radius 3 is 1.93 bits per heavy atom. The fourth-order valence-electron chi connectivity index (χ4n) is 5.17. The number of halogens is 3. The molecule has 3 atom stereocenters. The van der Waals surface area contributed by atoms with Gasteiger partial charge in [-0.15, -0.1) is 0 Å². The fourth-order valence-corrected chi connectivity index (χ4v) is 5.17. The van der Waals surface area contributed by atoms with Gasteiger partial charge in [0, 0.05) is 5.56 Å². The summed E-state index contributed by atoms with van der Waals surface area (Å²) >= 11 is 0. The number of para-hydroxylation sites is 1. The molecule has 41 heavy (non-hydrogen) atoms. The number of allylic oxidation sites excluding steroid dienone is 1. The van der Waals surface area contributed by atoms with Crippen LogP contribution in [0.25, 0.3) is 6.08 Å². The minimum absolute atomic E-state index is 0.280. The molecule has 8 heteroatoms. The molecule has 5 nitrogen and oxygen atoms in total. The molecule has 2 heterocycles. The van der Waals surface area contributed by atoms with Crippen molar-refractivity contribution in [1.82, 2.24) is 0 Å². The predicted octanol–water partition coefficient (Wildman–Crippen LogP) is 6.87. The van der Waals surface area contributed by atoms with Gasteiger partial charge in [0.1, 0.15) is 17.4 Å². The topological polar surface area (TPSA) is 59.0 Å². The maximum atomic E-state index is 14.0. The zero-order chi connectivity index (χ0) is 28.6. The van der Waals surface area contributed by atoms with Crippen LogP contribution in [0.4, 0.5) is 18.9 Å². The first-order chi connectivity index (χ1) is 19.8. The summed E-state index contributed by atoms with van der Waals surface area (Å²) in [6, 6.07) is 30.5. The Kier molecular flexibility index (Phi) is 6.75. The molecule has 0 bridgehead atoms. The third-order valence-electron chi connectivity index (χ3n) is 7.13. The molecule has 4 aromatic rings. The summed E-state index contributed by atoms with van der Waals surface area (Å²) in [7, 11) is 0. The molecule has 0 aliphatic carbocycles. The average molecular weight is 553 g/mol. The molecule has 0 N–H and O–H groups in total. The van der Waals surface area contributed by atoms with Crippen molar-refractivity contribution in [3.8, 4) is 0 Å². The number of hydrogen-bond donors (Lipinski definition) is 0. The summed E-state index contributed by atoms with van der Waals surface area (Å²) in [5, 5.41) is 0. The highest BCUT2D eigenvalue weighted by molar-refractivity contribution is 6.24. The van der Waals surface area contributed by atoms with Gasteiger partial charge in [0.25, 0.3) is 5.91 Å². The Hall–Kier alpha value is -4.98.